The topological polar surface area (TPSA) is 122 Å². The zero-order valence-electron chi connectivity index (χ0n) is 17.5. The molecule has 172 valence electrons. The first kappa shape index (κ1) is 24.2. The fourth-order valence-corrected chi connectivity index (χ4v) is 6.83. The number of aryl methyl sites for hydroxylation is 1. The number of urea groups is 1. The number of hydrogen-bond donors (Lipinski definition) is 2. The lowest BCUT2D eigenvalue weighted by atomic mass is 10.1. The minimum Gasteiger partial charge on any atom is -0.451 e. The van der Waals surface area contributed by atoms with Crippen LogP contribution in [0, 0.1) is 13.8 Å². The number of esters is 1. The normalized spacial score (nSPS) is 14.6. The molecule has 1 aromatic carbocycles. The first-order valence-electron chi connectivity index (χ1n) is 9.69. The predicted molar refractivity (Wildman–Crippen MR) is 124 cm³/mol. The number of carbonyl (C=O) groups excluding carboxylic acids is 3. The second-order valence-electron chi connectivity index (χ2n) is 6.96. The van der Waals surface area contributed by atoms with E-state index in [0.717, 1.165) is 22.5 Å². The van der Waals surface area contributed by atoms with Crippen LogP contribution in [0.3, 0.4) is 0 Å². The van der Waals surface area contributed by atoms with Crippen LogP contribution in [0.1, 0.15) is 20.8 Å². The average molecular weight is 498 g/mol. The van der Waals surface area contributed by atoms with Gasteiger partial charge in [-0.25, -0.2) is 18.0 Å². The summed E-state index contributed by atoms with van der Waals surface area (Å²) >= 11 is 2.59. The molecule has 1 fully saturated rings. The smallest absolute Gasteiger partial charge is 0.350 e. The van der Waals surface area contributed by atoms with Gasteiger partial charge in [0.2, 0.25) is 10.0 Å². The van der Waals surface area contributed by atoms with Crippen molar-refractivity contribution in [1.29, 1.82) is 0 Å². The molecule has 1 aliphatic rings. The number of hydrogen-bond acceptors (Lipinski definition) is 8. The van der Waals surface area contributed by atoms with E-state index >= 15 is 0 Å². The predicted octanol–water partition coefficient (Wildman–Crippen LogP) is 2.61. The van der Waals surface area contributed by atoms with E-state index in [2.05, 4.69) is 10.6 Å². The molecule has 2 N–H and O–H groups in total. The number of thiophene rings is 1. The molecule has 1 aliphatic heterocycles. The van der Waals surface area contributed by atoms with Crippen molar-refractivity contribution in [2.24, 2.45) is 0 Å². The zero-order chi connectivity index (χ0) is 23.3. The Morgan fingerprint density at radius 2 is 1.84 bits per heavy atom. The number of anilines is 1. The van der Waals surface area contributed by atoms with Crippen LogP contribution in [-0.4, -0.2) is 61.8 Å². The number of carbonyl (C=O) groups is 3. The fourth-order valence-electron chi connectivity index (χ4n) is 2.97. The molecule has 0 aliphatic carbocycles. The van der Waals surface area contributed by atoms with Crippen LogP contribution in [0.15, 0.2) is 34.5 Å². The van der Waals surface area contributed by atoms with Crippen LogP contribution < -0.4 is 10.6 Å². The van der Waals surface area contributed by atoms with Gasteiger partial charge in [-0.05, 0) is 42.5 Å². The maximum absolute atomic E-state index is 12.9. The Hall–Kier alpha value is -2.41. The first-order chi connectivity index (χ1) is 15.2. The molecule has 0 saturated carbocycles. The molecule has 3 rings (SSSR count). The largest absolute Gasteiger partial charge is 0.451 e. The highest BCUT2D eigenvalue weighted by Gasteiger charge is 2.32. The van der Waals surface area contributed by atoms with Crippen LogP contribution in [0.2, 0.25) is 0 Å². The van der Waals surface area contributed by atoms with Gasteiger partial charge in [-0.15, -0.1) is 11.3 Å². The second-order valence-corrected chi connectivity index (χ2v) is 11.0. The fraction of sp³-hybridized carbons (Fsp3) is 0.350. The number of imide groups is 1. The number of amides is 3. The number of rotatable bonds is 6. The van der Waals surface area contributed by atoms with Gasteiger partial charge in [0.15, 0.2) is 6.61 Å². The van der Waals surface area contributed by atoms with Gasteiger partial charge in [0.1, 0.15) is 9.77 Å². The summed E-state index contributed by atoms with van der Waals surface area (Å²) in [5, 5.41) is 6.13. The van der Waals surface area contributed by atoms with Crippen LogP contribution in [-0.2, 0) is 19.6 Å². The molecule has 1 saturated heterocycles. The Morgan fingerprint density at radius 1 is 1.12 bits per heavy atom. The lowest BCUT2D eigenvalue weighted by Crippen LogP contribution is -2.38. The van der Waals surface area contributed by atoms with Crippen molar-refractivity contribution in [3.05, 3.63) is 45.6 Å². The molecule has 2 heterocycles. The van der Waals surface area contributed by atoms with Crippen molar-refractivity contribution in [2.45, 2.75) is 18.7 Å². The van der Waals surface area contributed by atoms with E-state index in [9.17, 15) is 22.8 Å². The molecule has 9 nitrogen and oxygen atoms in total. The molecule has 0 spiro atoms. The number of benzene rings is 1. The van der Waals surface area contributed by atoms with Crippen LogP contribution in [0.4, 0.5) is 10.5 Å². The van der Waals surface area contributed by atoms with E-state index in [0.29, 0.717) is 30.3 Å². The summed E-state index contributed by atoms with van der Waals surface area (Å²) in [6, 6.07) is 5.97. The Bertz CT molecular complexity index is 1120. The molecular weight excluding hydrogens is 474 g/mol. The highest BCUT2D eigenvalue weighted by atomic mass is 32.2. The Kier molecular flexibility index (Phi) is 7.93. The van der Waals surface area contributed by atoms with Gasteiger partial charge in [-0.1, -0.05) is 12.1 Å². The highest BCUT2D eigenvalue weighted by Crippen LogP contribution is 2.27. The molecule has 0 radical (unpaired) electrons. The van der Waals surface area contributed by atoms with Crippen molar-refractivity contribution in [2.75, 3.05) is 36.5 Å². The van der Waals surface area contributed by atoms with Crippen LogP contribution in [0.5, 0.6) is 0 Å². The third kappa shape index (κ3) is 5.68. The lowest BCUT2D eigenvalue weighted by Gasteiger charge is -2.25. The highest BCUT2D eigenvalue weighted by molar-refractivity contribution is 7.99. The van der Waals surface area contributed by atoms with E-state index in [4.69, 9.17) is 4.74 Å². The molecule has 0 bridgehead atoms. The molecule has 32 heavy (non-hydrogen) atoms. The maximum Gasteiger partial charge on any atom is 0.350 e. The Morgan fingerprint density at radius 3 is 2.56 bits per heavy atom. The van der Waals surface area contributed by atoms with E-state index in [1.54, 1.807) is 23.9 Å². The second kappa shape index (κ2) is 10.5. The summed E-state index contributed by atoms with van der Waals surface area (Å²) < 4.78 is 32.0. The summed E-state index contributed by atoms with van der Waals surface area (Å²) in [6.07, 6.45) is 0. The van der Waals surface area contributed by atoms with Crippen molar-refractivity contribution < 1.29 is 27.5 Å². The molecule has 0 unspecified atom stereocenters. The third-order valence-corrected chi connectivity index (χ3v) is 8.75. The summed E-state index contributed by atoms with van der Waals surface area (Å²) in [5.74, 6) is -0.397. The van der Waals surface area contributed by atoms with Gasteiger partial charge in [0.25, 0.3) is 5.91 Å². The van der Waals surface area contributed by atoms with Crippen molar-refractivity contribution >= 4 is 56.7 Å². The number of nitrogens with zero attached hydrogens (tertiary/aromatic N) is 1. The Balaban J connectivity index is 1.57. The standard InChI is InChI=1S/C20H23N3O6S3/c1-13-4-3-5-15(14(13)2)21-20(26)22-17(24)12-29-19(25)18-16(6-9-31-18)32(27,28)23-7-10-30-11-8-23/h3-6,9H,7-8,10-12H2,1-2H3,(H2,21,22,24,26). The molecule has 12 heteroatoms. The summed E-state index contributed by atoms with van der Waals surface area (Å²) in [5.41, 5.74) is 2.39. The number of ether oxygens (including phenoxy) is 1. The SMILES string of the molecule is Cc1cccc(NC(=O)NC(=O)COC(=O)c2sccc2S(=O)(=O)N2CCSCC2)c1C. The van der Waals surface area contributed by atoms with Crippen LogP contribution >= 0.6 is 23.1 Å². The van der Waals surface area contributed by atoms with Gasteiger partial charge < -0.3 is 10.1 Å². The van der Waals surface area contributed by atoms with Crippen molar-refractivity contribution in [1.82, 2.24) is 9.62 Å². The van der Waals surface area contributed by atoms with Crippen molar-refractivity contribution in [3.8, 4) is 0 Å². The minimum atomic E-state index is -3.83. The lowest BCUT2D eigenvalue weighted by molar-refractivity contribution is -0.123. The maximum atomic E-state index is 12.9. The minimum absolute atomic E-state index is 0.101. The molecule has 3 amide bonds. The molecule has 1 aromatic heterocycles. The zero-order valence-corrected chi connectivity index (χ0v) is 20.0. The first-order valence-corrected chi connectivity index (χ1v) is 13.2. The number of sulfonamides is 1. The van der Waals surface area contributed by atoms with Gasteiger partial charge >= 0.3 is 12.0 Å². The average Bonchev–Trinajstić information content (AvgIpc) is 3.27. The molecule has 2 aromatic rings. The van der Waals surface area contributed by atoms with Gasteiger partial charge in [-0.3, -0.25) is 10.1 Å². The van der Waals surface area contributed by atoms with E-state index in [1.807, 2.05) is 19.9 Å². The number of thioether (sulfide) groups is 1. The van der Waals surface area contributed by atoms with E-state index in [-0.39, 0.29) is 9.77 Å². The van der Waals surface area contributed by atoms with E-state index in [1.165, 1.54) is 15.8 Å². The summed E-state index contributed by atoms with van der Waals surface area (Å²) in [6.45, 7) is 3.75. The Labute approximate surface area is 194 Å². The molecule has 0 atom stereocenters. The van der Waals surface area contributed by atoms with Gasteiger partial charge in [0, 0.05) is 30.3 Å². The third-order valence-electron chi connectivity index (χ3n) is 4.84. The monoisotopic (exact) mass is 497 g/mol. The molecular formula is C20H23N3O6S3. The van der Waals surface area contributed by atoms with Gasteiger partial charge in [0.05, 0.1) is 0 Å². The number of nitrogens with one attached hydrogen (secondary N) is 2. The van der Waals surface area contributed by atoms with Gasteiger partial charge in [-0.2, -0.15) is 16.1 Å². The summed E-state index contributed by atoms with van der Waals surface area (Å²) in [4.78, 5) is 36.3. The van der Waals surface area contributed by atoms with E-state index < -0.39 is 34.5 Å². The summed E-state index contributed by atoms with van der Waals surface area (Å²) in [7, 11) is -3.83. The quantitative estimate of drug-likeness (QED) is 0.588. The van der Waals surface area contributed by atoms with Crippen molar-refractivity contribution in [3.63, 3.8) is 0 Å². The van der Waals surface area contributed by atoms with Crippen LogP contribution in [0.25, 0.3) is 0 Å².